The first-order chi connectivity index (χ1) is 13.1. The molecule has 0 saturated heterocycles. The lowest BCUT2D eigenvalue weighted by Crippen LogP contribution is -2.15. The number of ether oxygens (including phenoxy) is 1. The first-order valence-corrected chi connectivity index (χ1v) is 9.44. The van der Waals surface area contributed by atoms with Gasteiger partial charge in [-0.25, -0.2) is 0 Å². The molecule has 2 aromatic rings. The molecule has 2 amide bonds. The van der Waals surface area contributed by atoms with Crippen LogP contribution in [0.3, 0.4) is 0 Å². The summed E-state index contributed by atoms with van der Waals surface area (Å²) < 4.78 is 5.22. The molecule has 1 fully saturated rings. The smallest absolute Gasteiger partial charge is 0.255 e. The molecule has 0 bridgehead atoms. The largest absolute Gasteiger partial charge is 0.497 e. The van der Waals surface area contributed by atoms with Crippen LogP contribution in [0.25, 0.3) is 0 Å². The number of nitrogens with one attached hydrogen (secondary N) is 2. The first-order valence-electron chi connectivity index (χ1n) is 9.44. The molecule has 0 radical (unpaired) electrons. The zero-order chi connectivity index (χ0) is 19.2. The molecular weight excluding hydrogens is 340 g/mol. The first kappa shape index (κ1) is 19.0. The van der Waals surface area contributed by atoms with E-state index in [9.17, 15) is 9.59 Å². The lowest BCUT2D eigenvalue weighted by atomic mass is 9.84. The Hall–Kier alpha value is -2.82. The number of methoxy groups -OCH3 is 1. The molecule has 1 aliphatic rings. The van der Waals surface area contributed by atoms with E-state index in [1.54, 1.807) is 25.3 Å². The Labute approximate surface area is 160 Å². The molecule has 0 aromatic heterocycles. The zero-order valence-corrected chi connectivity index (χ0v) is 15.9. The van der Waals surface area contributed by atoms with Gasteiger partial charge in [0.15, 0.2) is 0 Å². The van der Waals surface area contributed by atoms with Crippen molar-refractivity contribution in [2.75, 3.05) is 17.7 Å². The molecule has 2 aromatic carbocycles. The van der Waals surface area contributed by atoms with Gasteiger partial charge in [0.1, 0.15) is 5.75 Å². The van der Waals surface area contributed by atoms with Crippen molar-refractivity contribution in [1.82, 2.24) is 0 Å². The molecule has 142 valence electrons. The number of anilines is 2. The fourth-order valence-corrected chi connectivity index (χ4v) is 3.59. The van der Waals surface area contributed by atoms with Crippen molar-refractivity contribution in [2.45, 2.75) is 44.9 Å². The Kier molecular flexibility index (Phi) is 6.12. The van der Waals surface area contributed by atoms with Crippen molar-refractivity contribution < 1.29 is 14.3 Å². The average Bonchev–Trinajstić information content (AvgIpc) is 2.69. The van der Waals surface area contributed by atoms with Crippen LogP contribution < -0.4 is 15.4 Å². The van der Waals surface area contributed by atoms with Crippen LogP contribution in [0.1, 0.15) is 60.9 Å². The monoisotopic (exact) mass is 366 g/mol. The standard InChI is InChI=1S/C22H26N2O3/c1-15(25)23-20-13-12-19(27-2)14-21(20)24-22(26)18-10-8-17(9-11-18)16-6-4-3-5-7-16/h8-14,16H,3-7H2,1-2H3,(H,23,25)(H,24,26). The van der Waals surface area contributed by atoms with Crippen LogP contribution in [0, 0.1) is 0 Å². The molecule has 0 unspecified atom stereocenters. The highest BCUT2D eigenvalue weighted by atomic mass is 16.5. The van der Waals surface area contributed by atoms with E-state index >= 15 is 0 Å². The summed E-state index contributed by atoms with van der Waals surface area (Å²) in [6.07, 6.45) is 6.36. The Morgan fingerprint density at radius 2 is 1.63 bits per heavy atom. The Bertz CT molecular complexity index is 809. The molecule has 27 heavy (non-hydrogen) atoms. The van der Waals surface area contributed by atoms with Gasteiger partial charge in [0.2, 0.25) is 5.91 Å². The summed E-state index contributed by atoms with van der Waals surface area (Å²) in [5.74, 6) is 0.796. The molecule has 0 heterocycles. The molecule has 3 rings (SSSR count). The number of benzene rings is 2. The number of rotatable bonds is 5. The molecule has 1 saturated carbocycles. The number of carbonyl (C=O) groups is 2. The van der Waals surface area contributed by atoms with E-state index < -0.39 is 0 Å². The quantitative estimate of drug-likeness (QED) is 0.786. The van der Waals surface area contributed by atoms with Crippen molar-refractivity contribution in [1.29, 1.82) is 0 Å². The van der Waals surface area contributed by atoms with Gasteiger partial charge in [0.25, 0.3) is 5.91 Å². The van der Waals surface area contributed by atoms with Crippen molar-refractivity contribution in [3.05, 3.63) is 53.6 Å². The molecule has 5 heteroatoms. The zero-order valence-electron chi connectivity index (χ0n) is 15.9. The SMILES string of the molecule is COc1ccc(NC(C)=O)c(NC(=O)c2ccc(C3CCCCC3)cc2)c1. The normalized spacial score (nSPS) is 14.4. The van der Waals surface area contributed by atoms with Crippen LogP contribution in [0.2, 0.25) is 0 Å². The summed E-state index contributed by atoms with van der Waals surface area (Å²) >= 11 is 0. The van der Waals surface area contributed by atoms with Gasteiger partial charge < -0.3 is 15.4 Å². The molecule has 0 spiro atoms. The fraction of sp³-hybridized carbons (Fsp3) is 0.364. The van der Waals surface area contributed by atoms with Crippen molar-refractivity contribution in [2.24, 2.45) is 0 Å². The van der Waals surface area contributed by atoms with Crippen LogP contribution in [-0.2, 0) is 4.79 Å². The second-order valence-electron chi connectivity index (χ2n) is 7.00. The Balaban J connectivity index is 1.75. The number of hydrogen-bond acceptors (Lipinski definition) is 3. The van der Waals surface area contributed by atoms with Gasteiger partial charge in [-0.3, -0.25) is 9.59 Å². The second kappa shape index (κ2) is 8.71. The topological polar surface area (TPSA) is 67.4 Å². The van der Waals surface area contributed by atoms with Crippen molar-refractivity contribution in [3.8, 4) is 5.75 Å². The minimum Gasteiger partial charge on any atom is -0.497 e. The molecule has 0 aliphatic heterocycles. The van der Waals surface area contributed by atoms with E-state index in [1.807, 2.05) is 12.1 Å². The Morgan fingerprint density at radius 3 is 2.26 bits per heavy atom. The van der Waals surface area contributed by atoms with E-state index in [0.29, 0.717) is 28.6 Å². The summed E-state index contributed by atoms with van der Waals surface area (Å²) in [7, 11) is 1.56. The Morgan fingerprint density at radius 1 is 0.926 bits per heavy atom. The van der Waals surface area contributed by atoms with Gasteiger partial charge in [-0.1, -0.05) is 31.4 Å². The summed E-state index contributed by atoms with van der Waals surface area (Å²) in [6, 6.07) is 13.0. The molecule has 5 nitrogen and oxygen atoms in total. The van der Waals surface area contributed by atoms with Crippen molar-refractivity contribution in [3.63, 3.8) is 0 Å². The van der Waals surface area contributed by atoms with E-state index in [1.165, 1.54) is 44.6 Å². The minimum absolute atomic E-state index is 0.201. The average molecular weight is 366 g/mol. The third-order valence-electron chi connectivity index (χ3n) is 5.04. The minimum atomic E-state index is -0.218. The molecular formula is C22H26N2O3. The maximum Gasteiger partial charge on any atom is 0.255 e. The van der Waals surface area contributed by atoms with Crippen LogP contribution >= 0.6 is 0 Å². The summed E-state index contributed by atoms with van der Waals surface area (Å²) in [6.45, 7) is 1.43. The van der Waals surface area contributed by atoms with E-state index in [2.05, 4.69) is 22.8 Å². The van der Waals surface area contributed by atoms with Gasteiger partial charge in [-0.15, -0.1) is 0 Å². The van der Waals surface area contributed by atoms with Gasteiger partial charge in [0.05, 0.1) is 18.5 Å². The van der Waals surface area contributed by atoms with Crippen LogP contribution in [0.5, 0.6) is 5.75 Å². The van der Waals surface area contributed by atoms with E-state index in [0.717, 1.165) is 0 Å². The van der Waals surface area contributed by atoms with Gasteiger partial charge in [-0.2, -0.15) is 0 Å². The number of amides is 2. The lowest BCUT2D eigenvalue weighted by Gasteiger charge is -2.22. The van der Waals surface area contributed by atoms with Crippen LogP contribution in [0.4, 0.5) is 11.4 Å². The second-order valence-corrected chi connectivity index (χ2v) is 7.00. The predicted molar refractivity (Wildman–Crippen MR) is 108 cm³/mol. The van der Waals surface area contributed by atoms with Crippen LogP contribution in [0.15, 0.2) is 42.5 Å². The third kappa shape index (κ3) is 4.88. The van der Waals surface area contributed by atoms with E-state index in [4.69, 9.17) is 4.74 Å². The summed E-state index contributed by atoms with van der Waals surface area (Å²) in [4.78, 5) is 24.1. The highest BCUT2D eigenvalue weighted by Gasteiger charge is 2.16. The molecule has 2 N–H and O–H groups in total. The summed E-state index contributed by atoms with van der Waals surface area (Å²) in [5, 5.41) is 5.60. The van der Waals surface area contributed by atoms with Crippen LogP contribution in [-0.4, -0.2) is 18.9 Å². The highest BCUT2D eigenvalue weighted by Crippen LogP contribution is 2.33. The number of hydrogen-bond donors (Lipinski definition) is 2. The van der Waals surface area contributed by atoms with Crippen molar-refractivity contribution >= 4 is 23.2 Å². The molecule has 0 atom stereocenters. The third-order valence-corrected chi connectivity index (χ3v) is 5.04. The van der Waals surface area contributed by atoms with E-state index in [-0.39, 0.29) is 11.8 Å². The predicted octanol–water partition coefficient (Wildman–Crippen LogP) is 4.95. The van der Waals surface area contributed by atoms with Gasteiger partial charge in [0, 0.05) is 18.6 Å². The van der Waals surface area contributed by atoms with Gasteiger partial charge in [-0.05, 0) is 48.6 Å². The summed E-state index contributed by atoms with van der Waals surface area (Å²) in [5.41, 5.74) is 2.94. The van der Waals surface area contributed by atoms with Gasteiger partial charge >= 0.3 is 0 Å². The highest BCUT2D eigenvalue weighted by molar-refractivity contribution is 6.07. The maximum atomic E-state index is 12.7. The lowest BCUT2D eigenvalue weighted by molar-refractivity contribution is -0.114. The number of carbonyl (C=O) groups excluding carboxylic acids is 2. The maximum absolute atomic E-state index is 12.7. The molecule has 1 aliphatic carbocycles. The fourth-order valence-electron chi connectivity index (χ4n) is 3.59.